The van der Waals surface area contributed by atoms with E-state index in [1.165, 1.54) is 19.3 Å². The maximum atomic E-state index is 11.9. The molecule has 0 radical (unpaired) electrons. The number of rotatable bonds is 7. The van der Waals surface area contributed by atoms with Crippen LogP contribution in [0.25, 0.3) is 0 Å². The summed E-state index contributed by atoms with van der Waals surface area (Å²) in [7, 11) is 0. The van der Waals surface area contributed by atoms with Gasteiger partial charge in [-0.1, -0.05) is 19.3 Å². The van der Waals surface area contributed by atoms with Crippen molar-refractivity contribution in [2.75, 3.05) is 19.8 Å². The van der Waals surface area contributed by atoms with Crippen molar-refractivity contribution in [1.82, 2.24) is 5.32 Å². The van der Waals surface area contributed by atoms with Gasteiger partial charge in [0.2, 0.25) is 5.91 Å². The molecular weight excluding hydrogens is 218 g/mol. The molecule has 100 valence electrons. The molecule has 0 unspecified atom stereocenters. The second kappa shape index (κ2) is 8.48. The molecule has 0 spiro atoms. The topological polar surface area (TPSA) is 47.6 Å². The van der Waals surface area contributed by atoms with Crippen LogP contribution in [0.2, 0.25) is 0 Å². The van der Waals surface area contributed by atoms with E-state index in [4.69, 9.17) is 9.47 Å². The fraction of sp³-hybridized carbons (Fsp3) is 0.923. The Morgan fingerprint density at radius 3 is 2.29 bits per heavy atom. The van der Waals surface area contributed by atoms with Gasteiger partial charge in [0.05, 0.1) is 6.54 Å². The van der Waals surface area contributed by atoms with Crippen molar-refractivity contribution in [3.8, 4) is 0 Å². The summed E-state index contributed by atoms with van der Waals surface area (Å²) in [5, 5.41) is 2.93. The molecule has 1 fully saturated rings. The molecular formula is C13H25NO3. The predicted octanol–water partition coefficient (Wildman–Crippen LogP) is 2.08. The minimum atomic E-state index is -0.308. The van der Waals surface area contributed by atoms with Crippen LogP contribution in [-0.4, -0.2) is 32.0 Å². The van der Waals surface area contributed by atoms with Crippen molar-refractivity contribution >= 4 is 5.91 Å². The molecule has 1 aliphatic carbocycles. The fourth-order valence-corrected chi connectivity index (χ4v) is 2.23. The second-order valence-corrected chi connectivity index (χ2v) is 4.42. The summed E-state index contributed by atoms with van der Waals surface area (Å²) < 4.78 is 10.8. The number of carbonyl (C=O) groups excluding carboxylic acids is 1. The Kier molecular flexibility index (Phi) is 7.21. The Hall–Kier alpha value is -0.610. The lowest BCUT2D eigenvalue weighted by Crippen LogP contribution is -2.39. The maximum absolute atomic E-state index is 11.9. The van der Waals surface area contributed by atoms with Gasteiger partial charge in [0.25, 0.3) is 0 Å². The first-order chi connectivity index (χ1) is 8.27. The van der Waals surface area contributed by atoms with Gasteiger partial charge in [-0.3, -0.25) is 4.79 Å². The van der Waals surface area contributed by atoms with Crippen LogP contribution in [-0.2, 0) is 14.3 Å². The normalized spacial score (nSPS) is 17.4. The van der Waals surface area contributed by atoms with Crippen molar-refractivity contribution in [2.24, 2.45) is 5.92 Å². The minimum absolute atomic E-state index is 0.161. The van der Waals surface area contributed by atoms with E-state index in [-0.39, 0.29) is 18.1 Å². The van der Waals surface area contributed by atoms with E-state index in [2.05, 4.69) is 5.32 Å². The maximum Gasteiger partial charge on any atom is 0.223 e. The van der Waals surface area contributed by atoms with Crippen LogP contribution in [0.1, 0.15) is 46.0 Å². The average molecular weight is 243 g/mol. The molecule has 17 heavy (non-hydrogen) atoms. The Morgan fingerprint density at radius 1 is 1.18 bits per heavy atom. The molecule has 1 aliphatic rings. The molecule has 1 rings (SSSR count). The number of hydrogen-bond acceptors (Lipinski definition) is 3. The molecule has 1 N–H and O–H groups in total. The number of nitrogens with one attached hydrogen (secondary N) is 1. The number of ether oxygens (including phenoxy) is 2. The van der Waals surface area contributed by atoms with E-state index < -0.39 is 0 Å². The SMILES string of the molecule is CCOC(CNC(=O)C1CCCCC1)OCC. The van der Waals surface area contributed by atoms with E-state index in [9.17, 15) is 4.79 Å². The first-order valence-corrected chi connectivity index (χ1v) is 6.78. The molecule has 0 atom stereocenters. The van der Waals surface area contributed by atoms with E-state index in [1.807, 2.05) is 13.8 Å². The summed E-state index contributed by atoms with van der Waals surface area (Å²) >= 11 is 0. The lowest BCUT2D eigenvalue weighted by atomic mass is 9.89. The van der Waals surface area contributed by atoms with Crippen LogP contribution in [0, 0.1) is 5.92 Å². The van der Waals surface area contributed by atoms with Gasteiger partial charge in [0.1, 0.15) is 0 Å². The minimum Gasteiger partial charge on any atom is -0.351 e. The van der Waals surface area contributed by atoms with Gasteiger partial charge in [0.15, 0.2) is 6.29 Å². The highest BCUT2D eigenvalue weighted by Gasteiger charge is 2.21. The summed E-state index contributed by atoms with van der Waals surface area (Å²) in [5.41, 5.74) is 0. The van der Waals surface area contributed by atoms with E-state index in [0.717, 1.165) is 12.8 Å². The quantitative estimate of drug-likeness (QED) is 0.696. The Bertz CT molecular complexity index is 209. The summed E-state index contributed by atoms with van der Waals surface area (Å²) in [6, 6.07) is 0. The highest BCUT2D eigenvalue weighted by atomic mass is 16.7. The van der Waals surface area contributed by atoms with Crippen LogP contribution < -0.4 is 5.32 Å². The van der Waals surface area contributed by atoms with Gasteiger partial charge in [-0.05, 0) is 26.7 Å². The lowest BCUT2D eigenvalue weighted by Gasteiger charge is -2.23. The van der Waals surface area contributed by atoms with Gasteiger partial charge >= 0.3 is 0 Å². The average Bonchev–Trinajstić information content (AvgIpc) is 2.37. The first kappa shape index (κ1) is 14.5. The van der Waals surface area contributed by atoms with Crippen LogP contribution in [0.5, 0.6) is 0 Å². The smallest absolute Gasteiger partial charge is 0.223 e. The van der Waals surface area contributed by atoms with E-state index in [1.54, 1.807) is 0 Å². The van der Waals surface area contributed by atoms with Crippen LogP contribution in [0.4, 0.5) is 0 Å². The third kappa shape index (κ3) is 5.50. The Balaban J connectivity index is 2.24. The molecule has 0 aromatic rings. The summed E-state index contributed by atoms with van der Waals surface area (Å²) in [6.45, 7) is 5.51. The Morgan fingerprint density at radius 2 is 1.76 bits per heavy atom. The molecule has 0 aliphatic heterocycles. The van der Waals surface area contributed by atoms with Gasteiger partial charge in [-0.2, -0.15) is 0 Å². The van der Waals surface area contributed by atoms with E-state index >= 15 is 0 Å². The largest absolute Gasteiger partial charge is 0.351 e. The summed E-state index contributed by atoms with van der Waals surface area (Å²) in [4.78, 5) is 11.9. The molecule has 4 nitrogen and oxygen atoms in total. The predicted molar refractivity (Wildman–Crippen MR) is 66.6 cm³/mol. The van der Waals surface area contributed by atoms with Gasteiger partial charge in [-0.25, -0.2) is 0 Å². The van der Waals surface area contributed by atoms with Gasteiger partial charge in [-0.15, -0.1) is 0 Å². The van der Waals surface area contributed by atoms with Crippen molar-refractivity contribution < 1.29 is 14.3 Å². The third-order valence-corrected chi connectivity index (χ3v) is 3.12. The fourth-order valence-electron chi connectivity index (χ4n) is 2.23. The third-order valence-electron chi connectivity index (χ3n) is 3.12. The highest BCUT2D eigenvalue weighted by Crippen LogP contribution is 2.23. The zero-order valence-electron chi connectivity index (χ0n) is 11.0. The first-order valence-electron chi connectivity index (χ1n) is 6.78. The molecule has 0 aromatic heterocycles. The number of amides is 1. The van der Waals surface area contributed by atoms with Crippen LogP contribution in [0.3, 0.4) is 0 Å². The molecule has 1 saturated carbocycles. The van der Waals surface area contributed by atoms with Crippen molar-refractivity contribution in [3.63, 3.8) is 0 Å². The molecule has 1 amide bonds. The van der Waals surface area contributed by atoms with Crippen molar-refractivity contribution in [2.45, 2.75) is 52.2 Å². The van der Waals surface area contributed by atoms with Crippen molar-refractivity contribution in [1.29, 1.82) is 0 Å². The zero-order chi connectivity index (χ0) is 12.5. The lowest BCUT2D eigenvalue weighted by molar-refractivity contribution is -0.142. The van der Waals surface area contributed by atoms with Crippen molar-refractivity contribution in [3.05, 3.63) is 0 Å². The summed E-state index contributed by atoms with van der Waals surface area (Å²) in [5.74, 6) is 0.363. The van der Waals surface area contributed by atoms with Gasteiger partial charge < -0.3 is 14.8 Å². The standard InChI is InChI=1S/C13H25NO3/c1-3-16-12(17-4-2)10-14-13(15)11-8-6-5-7-9-11/h11-12H,3-10H2,1-2H3,(H,14,15). The highest BCUT2D eigenvalue weighted by molar-refractivity contribution is 5.78. The van der Waals surface area contributed by atoms with E-state index in [0.29, 0.717) is 19.8 Å². The van der Waals surface area contributed by atoms with Crippen LogP contribution >= 0.6 is 0 Å². The summed E-state index contributed by atoms with van der Waals surface area (Å²) in [6.07, 6.45) is 5.37. The molecule has 0 aromatic carbocycles. The Labute approximate surface area is 104 Å². The molecule has 0 saturated heterocycles. The molecule has 0 bridgehead atoms. The molecule has 0 heterocycles. The van der Waals surface area contributed by atoms with Gasteiger partial charge in [0, 0.05) is 19.1 Å². The molecule has 4 heteroatoms. The second-order valence-electron chi connectivity index (χ2n) is 4.42. The number of hydrogen-bond donors (Lipinski definition) is 1. The number of carbonyl (C=O) groups is 1. The monoisotopic (exact) mass is 243 g/mol. The zero-order valence-corrected chi connectivity index (χ0v) is 11.0. The van der Waals surface area contributed by atoms with Crippen LogP contribution in [0.15, 0.2) is 0 Å².